The monoisotopic (exact) mass is 224 g/mol. The molecule has 1 aromatic heterocycles. The molecule has 0 saturated carbocycles. The van der Waals surface area contributed by atoms with E-state index in [0.29, 0.717) is 24.3 Å². The fraction of sp³-hybridized carbons (Fsp3) is 0.636. The average Bonchev–Trinajstić information content (AvgIpc) is 2.28. The molecule has 0 radical (unpaired) electrons. The summed E-state index contributed by atoms with van der Waals surface area (Å²) in [5, 5.41) is 3.21. The first kappa shape index (κ1) is 12.7. The Morgan fingerprint density at radius 2 is 2.25 bits per heavy atom. The van der Waals surface area contributed by atoms with Gasteiger partial charge in [-0.25, -0.2) is 4.98 Å². The van der Waals surface area contributed by atoms with Crippen molar-refractivity contribution in [1.29, 1.82) is 0 Å². The number of hydrogen-bond donors (Lipinski definition) is 2. The highest BCUT2D eigenvalue weighted by molar-refractivity contribution is 5.28. The number of nitrogens with two attached hydrogens (primary N) is 1. The molecule has 16 heavy (non-hydrogen) atoms. The van der Waals surface area contributed by atoms with Crippen molar-refractivity contribution in [1.82, 2.24) is 9.97 Å². The Labute approximate surface area is 96.4 Å². The number of nitrogens with one attached hydrogen (secondary N) is 1. The summed E-state index contributed by atoms with van der Waals surface area (Å²) in [5.74, 6) is 1.71. The maximum atomic E-state index is 5.69. The zero-order chi connectivity index (χ0) is 12.0. The van der Waals surface area contributed by atoms with Crippen molar-refractivity contribution >= 4 is 5.95 Å². The predicted octanol–water partition coefficient (Wildman–Crippen LogP) is 1.27. The highest BCUT2D eigenvalue weighted by atomic mass is 16.5. The Balaban J connectivity index is 2.62. The molecule has 5 heteroatoms. The van der Waals surface area contributed by atoms with Crippen LogP contribution in [0.5, 0.6) is 5.88 Å². The van der Waals surface area contributed by atoms with Crippen LogP contribution >= 0.6 is 0 Å². The highest BCUT2D eigenvalue weighted by Crippen LogP contribution is 2.11. The molecule has 1 atom stereocenters. The minimum Gasteiger partial charge on any atom is -0.481 e. The lowest BCUT2D eigenvalue weighted by Crippen LogP contribution is -2.31. The van der Waals surface area contributed by atoms with E-state index in [9.17, 15) is 0 Å². The SMILES string of the molecule is COc1ccnc(NC(CN)CC(C)C)n1. The van der Waals surface area contributed by atoms with Crippen LogP contribution in [0, 0.1) is 5.92 Å². The van der Waals surface area contributed by atoms with Crippen LogP contribution in [0.2, 0.25) is 0 Å². The molecule has 0 aliphatic rings. The molecule has 0 fully saturated rings. The molecule has 3 N–H and O–H groups in total. The van der Waals surface area contributed by atoms with Crippen LogP contribution < -0.4 is 15.8 Å². The molecule has 0 bridgehead atoms. The Morgan fingerprint density at radius 1 is 1.50 bits per heavy atom. The minimum absolute atomic E-state index is 0.201. The largest absolute Gasteiger partial charge is 0.481 e. The first-order valence-corrected chi connectivity index (χ1v) is 5.49. The van der Waals surface area contributed by atoms with Crippen LogP contribution in [0.1, 0.15) is 20.3 Å². The van der Waals surface area contributed by atoms with Crippen molar-refractivity contribution < 1.29 is 4.74 Å². The third-order valence-electron chi connectivity index (χ3n) is 2.21. The number of aromatic nitrogens is 2. The van der Waals surface area contributed by atoms with Crippen molar-refractivity contribution in [2.75, 3.05) is 19.0 Å². The third kappa shape index (κ3) is 4.02. The van der Waals surface area contributed by atoms with E-state index in [1.54, 1.807) is 19.4 Å². The molecule has 1 heterocycles. The fourth-order valence-electron chi connectivity index (χ4n) is 1.49. The summed E-state index contributed by atoms with van der Waals surface area (Å²) in [6.07, 6.45) is 2.66. The van der Waals surface area contributed by atoms with E-state index < -0.39 is 0 Å². The molecule has 0 aromatic carbocycles. The summed E-state index contributed by atoms with van der Waals surface area (Å²) in [5.41, 5.74) is 5.69. The third-order valence-corrected chi connectivity index (χ3v) is 2.21. The number of nitrogens with zero attached hydrogens (tertiary/aromatic N) is 2. The molecule has 0 amide bonds. The first-order valence-electron chi connectivity index (χ1n) is 5.49. The van der Waals surface area contributed by atoms with Gasteiger partial charge in [-0.3, -0.25) is 0 Å². The normalized spacial score (nSPS) is 12.6. The van der Waals surface area contributed by atoms with Crippen LogP contribution in [0.4, 0.5) is 5.95 Å². The number of hydrogen-bond acceptors (Lipinski definition) is 5. The standard InChI is InChI=1S/C11H20N4O/c1-8(2)6-9(7-12)14-11-13-5-4-10(15-11)16-3/h4-5,8-9H,6-7,12H2,1-3H3,(H,13,14,15). The molecule has 90 valence electrons. The van der Waals surface area contributed by atoms with E-state index in [2.05, 4.69) is 29.1 Å². The summed E-state index contributed by atoms with van der Waals surface area (Å²) in [4.78, 5) is 8.31. The van der Waals surface area contributed by atoms with Crippen LogP contribution in [-0.4, -0.2) is 29.7 Å². The molecular weight excluding hydrogens is 204 g/mol. The van der Waals surface area contributed by atoms with Gasteiger partial charge in [-0.2, -0.15) is 4.98 Å². The van der Waals surface area contributed by atoms with Gasteiger partial charge < -0.3 is 15.8 Å². The number of anilines is 1. The summed E-state index contributed by atoms with van der Waals surface area (Å²) >= 11 is 0. The van der Waals surface area contributed by atoms with Crippen LogP contribution in [0.15, 0.2) is 12.3 Å². The summed E-state index contributed by atoms with van der Waals surface area (Å²) in [7, 11) is 1.58. The predicted molar refractivity (Wildman–Crippen MR) is 64.5 cm³/mol. The van der Waals surface area contributed by atoms with Crippen LogP contribution in [0.25, 0.3) is 0 Å². The molecular formula is C11H20N4O. The Morgan fingerprint density at radius 3 is 2.81 bits per heavy atom. The molecule has 5 nitrogen and oxygen atoms in total. The van der Waals surface area contributed by atoms with Gasteiger partial charge in [0.15, 0.2) is 0 Å². The molecule has 0 aliphatic carbocycles. The molecule has 1 unspecified atom stereocenters. The van der Waals surface area contributed by atoms with Gasteiger partial charge in [0.2, 0.25) is 11.8 Å². The van der Waals surface area contributed by atoms with Gasteiger partial charge in [-0.1, -0.05) is 13.8 Å². The maximum Gasteiger partial charge on any atom is 0.226 e. The van der Waals surface area contributed by atoms with Crippen molar-refractivity contribution in [3.63, 3.8) is 0 Å². The van der Waals surface area contributed by atoms with Crippen molar-refractivity contribution in [2.45, 2.75) is 26.3 Å². The van der Waals surface area contributed by atoms with Gasteiger partial charge >= 0.3 is 0 Å². The zero-order valence-corrected chi connectivity index (χ0v) is 10.1. The lowest BCUT2D eigenvalue weighted by molar-refractivity contribution is 0.397. The smallest absolute Gasteiger partial charge is 0.226 e. The minimum atomic E-state index is 0.201. The van der Waals surface area contributed by atoms with Crippen molar-refractivity contribution in [3.05, 3.63) is 12.3 Å². The maximum absolute atomic E-state index is 5.69. The number of ether oxygens (including phenoxy) is 1. The lowest BCUT2D eigenvalue weighted by atomic mass is 10.0. The average molecular weight is 224 g/mol. The van der Waals surface area contributed by atoms with E-state index in [1.165, 1.54) is 0 Å². The van der Waals surface area contributed by atoms with Gasteiger partial charge in [0.05, 0.1) is 7.11 Å². The summed E-state index contributed by atoms with van der Waals surface area (Å²) < 4.78 is 5.03. The highest BCUT2D eigenvalue weighted by Gasteiger charge is 2.10. The van der Waals surface area contributed by atoms with Gasteiger partial charge in [0.25, 0.3) is 0 Å². The topological polar surface area (TPSA) is 73.1 Å². The van der Waals surface area contributed by atoms with Crippen LogP contribution in [0.3, 0.4) is 0 Å². The molecule has 0 aliphatic heterocycles. The van der Waals surface area contributed by atoms with Gasteiger partial charge in [0.1, 0.15) is 0 Å². The van der Waals surface area contributed by atoms with Gasteiger partial charge in [-0.15, -0.1) is 0 Å². The zero-order valence-electron chi connectivity index (χ0n) is 10.1. The molecule has 0 spiro atoms. The van der Waals surface area contributed by atoms with Crippen molar-refractivity contribution in [3.8, 4) is 5.88 Å². The van der Waals surface area contributed by atoms with E-state index in [0.717, 1.165) is 6.42 Å². The lowest BCUT2D eigenvalue weighted by Gasteiger charge is -2.18. The van der Waals surface area contributed by atoms with Gasteiger partial charge in [-0.05, 0) is 12.3 Å². The second-order valence-corrected chi connectivity index (χ2v) is 4.13. The summed E-state index contributed by atoms with van der Waals surface area (Å²) in [6, 6.07) is 1.91. The second-order valence-electron chi connectivity index (χ2n) is 4.13. The van der Waals surface area contributed by atoms with E-state index in [1.807, 2.05) is 0 Å². The van der Waals surface area contributed by atoms with Gasteiger partial charge in [0, 0.05) is 24.8 Å². The first-order chi connectivity index (χ1) is 7.65. The fourth-order valence-corrected chi connectivity index (χ4v) is 1.49. The number of rotatable bonds is 6. The quantitative estimate of drug-likeness (QED) is 0.761. The van der Waals surface area contributed by atoms with E-state index in [-0.39, 0.29) is 6.04 Å². The molecule has 0 saturated heterocycles. The Kier molecular flexibility index (Phi) is 4.98. The van der Waals surface area contributed by atoms with E-state index >= 15 is 0 Å². The van der Waals surface area contributed by atoms with Crippen molar-refractivity contribution in [2.24, 2.45) is 11.7 Å². The second kappa shape index (κ2) is 6.27. The number of methoxy groups -OCH3 is 1. The Hall–Kier alpha value is -1.36. The summed E-state index contributed by atoms with van der Waals surface area (Å²) in [6.45, 7) is 4.90. The van der Waals surface area contributed by atoms with E-state index in [4.69, 9.17) is 10.5 Å². The molecule has 1 rings (SSSR count). The van der Waals surface area contributed by atoms with Crippen LogP contribution in [-0.2, 0) is 0 Å². The molecule has 1 aromatic rings. The Bertz CT molecular complexity index is 317.